The molecule has 2 amide bonds. The summed E-state index contributed by atoms with van der Waals surface area (Å²) in [6.45, 7) is 6.14. The Hall–Kier alpha value is -3.20. The molecule has 7 nitrogen and oxygen atoms in total. The lowest BCUT2D eigenvalue weighted by atomic mass is 10.00. The lowest BCUT2D eigenvalue weighted by Crippen LogP contribution is -2.39. The van der Waals surface area contributed by atoms with Crippen LogP contribution in [0.2, 0.25) is 0 Å². The summed E-state index contributed by atoms with van der Waals surface area (Å²) in [7, 11) is 0. The second-order valence-corrected chi connectivity index (χ2v) is 7.93. The van der Waals surface area contributed by atoms with Gasteiger partial charge in [0, 0.05) is 30.6 Å². The fraction of sp³-hybridized carbons (Fsp3) is 0.476. The zero-order valence-corrected chi connectivity index (χ0v) is 17.3. The van der Waals surface area contributed by atoms with Gasteiger partial charge in [0.25, 0.3) is 12.3 Å². The zero-order chi connectivity index (χ0) is 23.8. The number of urea groups is 1. The highest BCUT2D eigenvalue weighted by atomic mass is 19.3. The van der Waals surface area contributed by atoms with Gasteiger partial charge in [0.2, 0.25) is 5.69 Å². The van der Waals surface area contributed by atoms with Crippen LogP contribution in [0.4, 0.5) is 38.1 Å². The van der Waals surface area contributed by atoms with Crippen LogP contribution in [-0.2, 0) is 30.2 Å². The topological polar surface area (TPSA) is 63.8 Å². The number of fused-ring (bicyclic) bond motifs is 3. The number of hydrogen-bond acceptors (Lipinski definition) is 3. The van der Waals surface area contributed by atoms with Crippen LogP contribution in [0, 0.1) is 12.4 Å². The number of nitrogens with zero attached hydrogens (tertiary/aromatic N) is 4. The molecule has 176 valence electrons. The summed E-state index contributed by atoms with van der Waals surface area (Å²) in [4.78, 5) is 17.1. The summed E-state index contributed by atoms with van der Waals surface area (Å²) in [5, 5.41) is 6.83. The maximum absolute atomic E-state index is 15.0. The van der Waals surface area contributed by atoms with E-state index in [0.717, 1.165) is 10.7 Å². The number of alkyl halides is 4. The first-order valence-corrected chi connectivity index (χ1v) is 10.3. The number of carbonyl (C=O) groups is 1. The van der Waals surface area contributed by atoms with Crippen molar-refractivity contribution < 1.29 is 31.5 Å². The second kappa shape index (κ2) is 8.97. The monoisotopic (exact) mass is 469 g/mol. The summed E-state index contributed by atoms with van der Waals surface area (Å²) in [6.07, 6.45) is -3.96. The smallest absolute Gasteiger partial charge is 0.322 e. The molecule has 3 heterocycles. The third kappa shape index (κ3) is 4.78. The maximum Gasteiger partial charge on any atom is 0.322 e. The van der Waals surface area contributed by atoms with Crippen molar-refractivity contribution in [2.45, 2.75) is 50.8 Å². The number of rotatable bonds is 4. The standard InChI is InChI=1S/C21H20F5N5O2/c1-27-17-8-12(2-3-15(17)22)28-20(32)30-7-5-16-14(10-30)19-21(25,26)6-4-13(9-31(19)29-16)33-11-18(23)24/h2-3,8,13,18H,4-7,9-11H2,(H,28,32)/t13-/m0/s1. The predicted octanol–water partition coefficient (Wildman–Crippen LogP) is 4.70. The van der Waals surface area contributed by atoms with Crippen LogP contribution in [-0.4, -0.2) is 46.4 Å². The molecule has 0 radical (unpaired) electrons. The van der Waals surface area contributed by atoms with E-state index in [2.05, 4.69) is 15.3 Å². The quantitative estimate of drug-likeness (QED) is 0.522. The molecule has 1 atom stereocenters. The Morgan fingerprint density at radius 1 is 1.39 bits per heavy atom. The van der Waals surface area contributed by atoms with Gasteiger partial charge in [0.05, 0.1) is 31.5 Å². The lowest BCUT2D eigenvalue weighted by Gasteiger charge is -2.28. The Kier molecular flexibility index (Phi) is 6.25. The molecule has 0 saturated carbocycles. The van der Waals surface area contributed by atoms with E-state index in [-0.39, 0.29) is 55.1 Å². The van der Waals surface area contributed by atoms with Crippen molar-refractivity contribution >= 4 is 17.4 Å². The van der Waals surface area contributed by atoms with Gasteiger partial charge in [-0.15, -0.1) is 0 Å². The van der Waals surface area contributed by atoms with Gasteiger partial charge in [-0.2, -0.15) is 13.9 Å². The van der Waals surface area contributed by atoms with Crippen molar-refractivity contribution in [3.8, 4) is 0 Å². The van der Waals surface area contributed by atoms with E-state index in [1.165, 1.54) is 17.0 Å². The second-order valence-electron chi connectivity index (χ2n) is 7.93. The molecule has 33 heavy (non-hydrogen) atoms. The van der Waals surface area contributed by atoms with Gasteiger partial charge in [0.15, 0.2) is 0 Å². The fourth-order valence-electron chi connectivity index (χ4n) is 4.11. The normalized spacial score (nSPS) is 19.4. The van der Waals surface area contributed by atoms with E-state index >= 15 is 0 Å². The van der Waals surface area contributed by atoms with Gasteiger partial charge in [-0.05, 0) is 24.6 Å². The Labute approximate surface area is 185 Å². The number of hydrogen-bond donors (Lipinski definition) is 1. The molecule has 2 aliphatic heterocycles. The van der Waals surface area contributed by atoms with Crippen molar-refractivity contribution in [1.29, 1.82) is 0 Å². The van der Waals surface area contributed by atoms with E-state index in [0.29, 0.717) is 5.69 Å². The van der Waals surface area contributed by atoms with Gasteiger partial charge in [-0.3, -0.25) is 4.68 Å². The van der Waals surface area contributed by atoms with E-state index in [4.69, 9.17) is 11.3 Å². The number of carbonyl (C=O) groups excluding carboxylic acids is 1. The molecule has 0 spiro atoms. The molecular weight excluding hydrogens is 449 g/mol. The summed E-state index contributed by atoms with van der Waals surface area (Å²) < 4.78 is 74.7. The average Bonchev–Trinajstić information content (AvgIpc) is 3.08. The lowest BCUT2D eigenvalue weighted by molar-refractivity contribution is -0.0493. The molecule has 0 unspecified atom stereocenters. The van der Waals surface area contributed by atoms with Gasteiger partial charge in [-0.25, -0.2) is 22.8 Å². The Bertz CT molecular complexity index is 1100. The van der Waals surface area contributed by atoms with Crippen LogP contribution in [0.25, 0.3) is 4.85 Å². The molecule has 0 bridgehead atoms. The van der Waals surface area contributed by atoms with Crippen LogP contribution in [0.3, 0.4) is 0 Å². The third-order valence-corrected chi connectivity index (χ3v) is 5.67. The molecule has 0 aliphatic carbocycles. The maximum atomic E-state index is 15.0. The summed E-state index contributed by atoms with van der Waals surface area (Å²) in [5.74, 6) is -3.98. The first-order valence-electron chi connectivity index (χ1n) is 10.3. The van der Waals surface area contributed by atoms with Crippen molar-refractivity contribution in [3.05, 3.63) is 52.4 Å². The summed E-state index contributed by atoms with van der Waals surface area (Å²) in [6, 6.07) is 2.96. The zero-order valence-electron chi connectivity index (χ0n) is 17.3. The molecule has 0 saturated heterocycles. The molecule has 0 fully saturated rings. The molecule has 1 aromatic heterocycles. The minimum absolute atomic E-state index is 0.0776. The van der Waals surface area contributed by atoms with Crippen molar-refractivity contribution in [2.24, 2.45) is 0 Å². The van der Waals surface area contributed by atoms with Crippen LogP contribution < -0.4 is 5.32 Å². The van der Waals surface area contributed by atoms with Gasteiger partial charge < -0.3 is 15.0 Å². The Morgan fingerprint density at radius 2 is 2.18 bits per heavy atom. The molecular formula is C21H20F5N5O2. The highest BCUT2D eigenvalue weighted by Gasteiger charge is 2.44. The van der Waals surface area contributed by atoms with E-state index < -0.39 is 43.3 Å². The van der Waals surface area contributed by atoms with Crippen molar-refractivity contribution in [1.82, 2.24) is 14.7 Å². The van der Waals surface area contributed by atoms with Crippen LogP contribution in [0.15, 0.2) is 18.2 Å². The van der Waals surface area contributed by atoms with Gasteiger partial charge in [0.1, 0.15) is 18.1 Å². The number of nitrogens with one attached hydrogen (secondary N) is 1. The van der Waals surface area contributed by atoms with Crippen LogP contribution in [0.5, 0.6) is 0 Å². The van der Waals surface area contributed by atoms with Gasteiger partial charge in [-0.1, -0.05) is 0 Å². The average molecular weight is 469 g/mol. The Balaban J connectivity index is 1.53. The summed E-state index contributed by atoms with van der Waals surface area (Å²) >= 11 is 0. The van der Waals surface area contributed by atoms with E-state index in [1.54, 1.807) is 0 Å². The summed E-state index contributed by atoms with van der Waals surface area (Å²) in [5.41, 5.74) is 0.294. The molecule has 1 N–H and O–H groups in total. The van der Waals surface area contributed by atoms with Crippen molar-refractivity contribution in [3.63, 3.8) is 0 Å². The number of ether oxygens (including phenoxy) is 1. The minimum atomic E-state index is -3.26. The molecule has 12 heteroatoms. The van der Waals surface area contributed by atoms with E-state index in [1.807, 2.05) is 0 Å². The minimum Gasteiger partial charge on any atom is -0.370 e. The highest BCUT2D eigenvalue weighted by Crippen LogP contribution is 2.41. The molecule has 2 aliphatic rings. The predicted molar refractivity (Wildman–Crippen MR) is 107 cm³/mol. The largest absolute Gasteiger partial charge is 0.370 e. The number of amides is 2. The fourth-order valence-corrected chi connectivity index (χ4v) is 4.11. The number of aromatic nitrogens is 2. The highest BCUT2D eigenvalue weighted by molar-refractivity contribution is 5.90. The first kappa shape index (κ1) is 23.0. The number of anilines is 1. The third-order valence-electron chi connectivity index (χ3n) is 5.67. The van der Waals surface area contributed by atoms with Crippen LogP contribution in [0.1, 0.15) is 29.8 Å². The Morgan fingerprint density at radius 3 is 2.91 bits per heavy atom. The first-order chi connectivity index (χ1) is 15.7. The van der Waals surface area contributed by atoms with E-state index in [9.17, 15) is 26.7 Å². The van der Waals surface area contributed by atoms with Crippen LogP contribution >= 0.6 is 0 Å². The number of halogens is 5. The molecule has 1 aromatic carbocycles. The number of benzene rings is 1. The van der Waals surface area contributed by atoms with Gasteiger partial charge >= 0.3 is 6.03 Å². The molecule has 4 rings (SSSR count). The molecule has 2 aromatic rings. The SMILES string of the molecule is [C-]#[N+]c1cc(NC(=O)N2CCc3nn4c(c3C2)C(F)(F)CC[C@H](OCC(F)F)C4)ccc1F. The van der Waals surface area contributed by atoms with Crippen molar-refractivity contribution in [2.75, 3.05) is 18.5 Å².